The van der Waals surface area contributed by atoms with Crippen molar-refractivity contribution in [3.05, 3.63) is 59.2 Å². The van der Waals surface area contributed by atoms with Crippen LogP contribution >= 0.6 is 0 Å². The van der Waals surface area contributed by atoms with Crippen LogP contribution in [0, 0.1) is 17.2 Å². The van der Waals surface area contributed by atoms with Crippen LogP contribution < -0.4 is 15.0 Å². The van der Waals surface area contributed by atoms with E-state index >= 15 is 0 Å². The van der Waals surface area contributed by atoms with Gasteiger partial charge in [0.15, 0.2) is 0 Å². The predicted octanol–water partition coefficient (Wildman–Crippen LogP) is 5.43. The smallest absolute Gasteiger partial charge is 0.262 e. The Morgan fingerprint density at radius 1 is 1.16 bits per heavy atom. The number of ether oxygens (including phenoxy) is 1. The minimum atomic E-state index is -0.330. The molecule has 0 saturated heterocycles. The molecule has 0 aliphatic carbocycles. The van der Waals surface area contributed by atoms with Crippen molar-refractivity contribution in [1.29, 1.82) is 5.26 Å². The number of fused-ring (bicyclic) bond motifs is 2. The molecule has 162 valence electrons. The van der Waals surface area contributed by atoms with Gasteiger partial charge in [-0.3, -0.25) is 4.79 Å². The van der Waals surface area contributed by atoms with E-state index in [-0.39, 0.29) is 11.5 Å². The number of rotatable bonds is 8. The van der Waals surface area contributed by atoms with E-state index in [4.69, 9.17) is 4.74 Å². The Morgan fingerprint density at radius 3 is 2.58 bits per heavy atom. The molecule has 0 atom stereocenters. The van der Waals surface area contributed by atoms with Crippen molar-refractivity contribution < 1.29 is 9.53 Å². The van der Waals surface area contributed by atoms with Crippen LogP contribution in [0.25, 0.3) is 5.57 Å². The molecule has 0 aromatic heterocycles. The second kappa shape index (κ2) is 10.2. The van der Waals surface area contributed by atoms with E-state index < -0.39 is 0 Å². The molecule has 0 fully saturated rings. The topological polar surface area (TPSA) is 65.4 Å². The van der Waals surface area contributed by atoms with Gasteiger partial charge in [-0.05, 0) is 43.0 Å². The molecule has 1 N–H and O–H groups in total. The number of amides is 1. The molecule has 0 bridgehead atoms. The molecule has 1 heterocycles. The maximum Gasteiger partial charge on any atom is 0.262 e. The average molecular weight is 418 g/mol. The van der Waals surface area contributed by atoms with Crippen LogP contribution in [-0.4, -0.2) is 26.1 Å². The van der Waals surface area contributed by atoms with Gasteiger partial charge < -0.3 is 15.0 Å². The first kappa shape index (κ1) is 22.4. The van der Waals surface area contributed by atoms with Crippen molar-refractivity contribution >= 4 is 22.9 Å². The van der Waals surface area contributed by atoms with E-state index in [1.54, 1.807) is 7.11 Å². The molecule has 2 aromatic rings. The summed E-state index contributed by atoms with van der Waals surface area (Å²) < 4.78 is 5.47. The first-order valence-electron chi connectivity index (χ1n) is 11.0. The number of hydrogen-bond acceptors (Lipinski definition) is 4. The van der Waals surface area contributed by atoms with Gasteiger partial charge >= 0.3 is 0 Å². The average Bonchev–Trinajstić information content (AvgIpc) is 2.78. The van der Waals surface area contributed by atoms with Crippen LogP contribution in [0.5, 0.6) is 5.75 Å². The Hall–Kier alpha value is -3.26. The molecule has 2 aromatic carbocycles. The Kier molecular flexibility index (Phi) is 7.36. The maximum atomic E-state index is 13.0. The molecule has 1 amide bonds. The van der Waals surface area contributed by atoms with Gasteiger partial charge in [0.2, 0.25) is 0 Å². The van der Waals surface area contributed by atoms with Gasteiger partial charge in [0.1, 0.15) is 17.4 Å². The van der Waals surface area contributed by atoms with Crippen LogP contribution in [0.4, 0.5) is 11.4 Å². The molecule has 5 nitrogen and oxygen atoms in total. The summed E-state index contributed by atoms with van der Waals surface area (Å²) in [6.07, 6.45) is 2.99. The molecule has 1 aliphatic heterocycles. The van der Waals surface area contributed by atoms with Crippen molar-refractivity contribution in [2.24, 2.45) is 5.92 Å². The summed E-state index contributed by atoms with van der Waals surface area (Å²) in [6.45, 7) is 7.80. The summed E-state index contributed by atoms with van der Waals surface area (Å²) in [5.41, 5.74) is 4.57. The van der Waals surface area contributed by atoms with E-state index in [0.29, 0.717) is 23.8 Å². The summed E-state index contributed by atoms with van der Waals surface area (Å²) in [5, 5.41) is 13.0. The molecule has 0 radical (unpaired) electrons. The molecular formula is C26H31N3O2. The molecule has 3 rings (SSSR count). The fraction of sp³-hybridized carbons (Fsp3) is 0.385. The zero-order valence-corrected chi connectivity index (χ0v) is 18.9. The number of nitrogens with one attached hydrogen (secondary N) is 1. The third kappa shape index (κ3) is 4.74. The summed E-state index contributed by atoms with van der Waals surface area (Å²) in [4.78, 5) is 15.3. The van der Waals surface area contributed by atoms with Gasteiger partial charge in [-0.1, -0.05) is 45.4 Å². The number of hydrogen-bond donors (Lipinski definition) is 1. The lowest BCUT2D eigenvalue weighted by molar-refractivity contribution is -0.117. The first-order chi connectivity index (χ1) is 15.0. The lowest BCUT2D eigenvalue weighted by Gasteiger charge is -2.35. The normalized spacial score (nSPS) is 13.9. The number of nitrogens with zero attached hydrogens (tertiary/aromatic N) is 2. The standard InChI is InChI=1S/C26H31N3O2/c1-5-6-15-29-23-10-8-7-9-20(23)25(21-16-19(31-4)11-12-24(21)29)22(17-27)26(30)28-14-13-18(2)3/h7-12,16,18H,5-6,13-15H2,1-4H3,(H,28,30)/b25-22+. The summed E-state index contributed by atoms with van der Waals surface area (Å²) in [6, 6.07) is 16.1. The molecule has 1 aliphatic rings. The largest absolute Gasteiger partial charge is 0.497 e. The number of carbonyl (C=O) groups is 1. The quantitative estimate of drug-likeness (QED) is 0.459. The molecule has 0 spiro atoms. The number of para-hydroxylation sites is 1. The Balaban J connectivity index is 2.19. The number of nitriles is 1. The minimum Gasteiger partial charge on any atom is -0.497 e. The van der Waals surface area contributed by atoms with Gasteiger partial charge in [-0.25, -0.2) is 0 Å². The van der Waals surface area contributed by atoms with Crippen molar-refractivity contribution in [2.45, 2.75) is 40.0 Å². The Bertz CT molecular complexity index is 1020. The number of anilines is 2. The van der Waals surface area contributed by atoms with Crippen molar-refractivity contribution in [2.75, 3.05) is 25.1 Å². The molecule has 0 unspecified atom stereocenters. The zero-order chi connectivity index (χ0) is 22.4. The molecule has 31 heavy (non-hydrogen) atoms. The number of benzene rings is 2. The monoisotopic (exact) mass is 417 g/mol. The number of unbranched alkanes of at least 4 members (excludes halogenated alkanes) is 1. The lowest BCUT2D eigenvalue weighted by atomic mass is 9.86. The molecule has 0 saturated carbocycles. The van der Waals surface area contributed by atoms with E-state index in [9.17, 15) is 10.1 Å². The van der Waals surface area contributed by atoms with Crippen LogP contribution in [-0.2, 0) is 4.79 Å². The fourth-order valence-corrected chi connectivity index (χ4v) is 3.88. The highest BCUT2D eigenvalue weighted by Crippen LogP contribution is 2.47. The predicted molar refractivity (Wildman–Crippen MR) is 125 cm³/mol. The van der Waals surface area contributed by atoms with Crippen LogP contribution in [0.15, 0.2) is 48.0 Å². The van der Waals surface area contributed by atoms with Crippen LogP contribution in [0.1, 0.15) is 51.2 Å². The van der Waals surface area contributed by atoms with Crippen LogP contribution in [0.3, 0.4) is 0 Å². The fourth-order valence-electron chi connectivity index (χ4n) is 3.88. The van der Waals surface area contributed by atoms with E-state index in [1.165, 1.54) is 0 Å². The van der Waals surface area contributed by atoms with Crippen LogP contribution in [0.2, 0.25) is 0 Å². The van der Waals surface area contributed by atoms with Gasteiger partial charge in [0, 0.05) is 41.2 Å². The Morgan fingerprint density at radius 2 is 1.90 bits per heavy atom. The van der Waals surface area contributed by atoms with Crippen molar-refractivity contribution in [3.63, 3.8) is 0 Å². The van der Waals surface area contributed by atoms with E-state index in [2.05, 4.69) is 43.1 Å². The first-order valence-corrected chi connectivity index (χ1v) is 11.0. The summed E-state index contributed by atoms with van der Waals surface area (Å²) in [5.74, 6) is 0.846. The van der Waals surface area contributed by atoms with Gasteiger partial charge in [0.25, 0.3) is 5.91 Å². The molecular weight excluding hydrogens is 386 g/mol. The second-order valence-electron chi connectivity index (χ2n) is 8.21. The van der Waals surface area contributed by atoms with Gasteiger partial charge in [-0.15, -0.1) is 0 Å². The SMILES string of the molecule is CCCCN1c2ccccc2/C(=C(/C#N)C(=O)NCCC(C)C)c2cc(OC)ccc21. The highest BCUT2D eigenvalue weighted by molar-refractivity contribution is 6.12. The number of methoxy groups -OCH3 is 1. The molecule has 5 heteroatoms. The highest BCUT2D eigenvalue weighted by Gasteiger charge is 2.30. The third-order valence-corrected chi connectivity index (χ3v) is 5.56. The van der Waals surface area contributed by atoms with Gasteiger partial charge in [0.05, 0.1) is 7.11 Å². The van der Waals surface area contributed by atoms with E-state index in [0.717, 1.165) is 48.3 Å². The van der Waals surface area contributed by atoms with Crippen molar-refractivity contribution in [1.82, 2.24) is 5.32 Å². The number of carbonyl (C=O) groups excluding carboxylic acids is 1. The van der Waals surface area contributed by atoms with E-state index in [1.807, 2.05) is 36.4 Å². The minimum absolute atomic E-state index is 0.140. The second-order valence-corrected chi connectivity index (χ2v) is 8.21. The Labute approximate surface area is 185 Å². The van der Waals surface area contributed by atoms with Gasteiger partial charge in [-0.2, -0.15) is 5.26 Å². The maximum absolute atomic E-state index is 13.0. The third-order valence-electron chi connectivity index (χ3n) is 5.56. The highest BCUT2D eigenvalue weighted by atomic mass is 16.5. The zero-order valence-electron chi connectivity index (χ0n) is 18.9. The summed E-state index contributed by atoms with van der Waals surface area (Å²) in [7, 11) is 1.63. The lowest BCUT2D eigenvalue weighted by Crippen LogP contribution is -2.29. The van der Waals surface area contributed by atoms with Crippen molar-refractivity contribution in [3.8, 4) is 11.8 Å². The summed E-state index contributed by atoms with van der Waals surface area (Å²) >= 11 is 0.